The Bertz CT molecular complexity index is 561. The van der Waals surface area contributed by atoms with Crippen LogP contribution in [0.15, 0.2) is 12.2 Å². The maximum Gasteiger partial charge on any atom is 0.315 e. The number of nitrogens with zero attached hydrogens (tertiary/aromatic N) is 1. The first kappa shape index (κ1) is 22.2. The number of likely N-dealkylation sites (N-methyl/N-ethyl adjacent to an activating group) is 1. The standard InChI is InChI=1S/C12H20N2O2S.C5H5NO2.CH4/c1-2-8(15)5-3-4-6-10-11-9(7-17-10)13-12(16)14-11;1-6-4(7)2-3-5(6)8;/h9-11H,2-7H2,1H3,(H2,13,14,16);2-3H,1H3;1H4. The molecule has 4 amide bonds. The van der Waals surface area contributed by atoms with Gasteiger partial charge in [0.25, 0.3) is 11.8 Å². The Morgan fingerprint density at radius 1 is 1.19 bits per heavy atom. The Labute approximate surface area is 159 Å². The van der Waals surface area contributed by atoms with Crippen LogP contribution in [0, 0.1) is 0 Å². The Morgan fingerprint density at radius 3 is 2.38 bits per heavy atom. The topological polar surface area (TPSA) is 95.6 Å². The molecule has 2 fully saturated rings. The van der Waals surface area contributed by atoms with Crippen LogP contribution in [0.2, 0.25) is 0 Å². The van der Waals surface area contributed by atoms with E-state index in [2.05, 4.69) is 10.6 Å². The largest absolute Gasteiger partial charge is 0.332 e. The van der Waals surface area contributed by atoms with Gasteiger partial charge in [0.2, 0.25) is 0 Å². The number of nitrogens with one attached hydrogen (secondary N) is 2. The lowest BCUT2D eigenvalue weighted by Crippen LogP contribution is -2.36. The van der Waals surface area contributed by atoms with E-state index in [4.69, 9.17) is 0 Å². The SMILES string of the molecule is C.CCC(=O)CCCCC1SCC2NC(=O)NC21.CN1C(=O)C=CC1=O. The summed E-state index contributed by atoms with van der Waals surface area (Å²) < 4.78 is 0. The molecule has 146 valence electrons. The minimum absolute atomic E-state index is 0. The fourth-order valence-corrected chi connectivity index (χ4v) is 4.51. The molecule has 3 heterocycles. The van der Waals surface area contributed by atoms with Crippen molar-refractivity contribution in [3.63, 3.8) is 0 Å². The Hall–Kier alpha value is -1.83. The lowest BCUT2D eigenvalue weighted by atomic mass is 10.0. The van der Waals surface area contributed by atoms with Gasteiger partial charge in [-0.3, -0.25) is 19.3 Å². The summed E-state index contributed by atoms with van der Waals surface area (Å²) >= 11 is 1.94. The molecule has 8 heteroatoms. The van der Waals surface area contributed by atoms with E-state index in [0.717, 1.165) is 29.9 Å². The summed E-state index contributed by atoms with van der Waals surface area (Å²) in [7, 11) is 1.45. The normalized spacial score (nSPS) is 25.8. The summed E-state index contributed by atoms with van der Waals surface area (Å²) in [5.74, 6) is 0.893. The van der Waals surface area contributed by atoms with E-state index in [1.165, 1.54) is 19.2 Å². The van der Waals surface area contributed by atoms with Crippen LogP contribution in [0.5, 0.6) is 0 Å². The van der Waals surface area contributed by atoms with E-state index >= 15 is 0 Å². The summed E-state index contributed by atoms with van der Waals surface area (Å²) in [5, 5.41) is 6.45. The number of Topliss-reactive ketones (excluding diaryl/α,β-unsaturated/α-hetero) is 1. The minimum atomic E-state index is -0.241. The van der Waals surface area contributed by atoms with Crippen LogP contribution in [-0.4, -0.2) is 58.7 Å². The highest BCUT2D eigenvalue weighted by atomic mass is 32.2. The third-order valence-corrected chi connectivity index (χ3v) is 6.07. The van der Waals surface area contributed by atoms with Gasteiger partial charge in [0.05, 0.1) is 12.1 Å². The van der Waals surface area contributed by atoms with Gasteiger partial charge < -0.3 is 10.6 Å². The molecule has 0 aliphatic carbocycles. The molecule has 0 aromatic heterocycles. The number of imide groups is 1. The van der Waals surface area contributed by atoms with E-state index in [1.807, 2.05) is 18.7 Å². The van der Waals surface area contributed by atoms with Gasteiger partial charge in [-0.15, -0.1) is 0 Å². The monoisotopic (exact) mass is 383 g/mol. The van der Waals surface area contributed by atoms with Crippen LogP contribution in [0.25, 0.3) is 0 Å². The second kappa shape index (κ2) is 10.4. The van der Waals surface area contributed by atoms with Crippen LogP contribution < -0.4 is 10.6 Å². The van der Waals surface area contributed by atoms with Gasteiger partial charge in [-0.05, 0) is 12.8 Å². The highest BCUT2D eigenvalue weighted by Gasteiger charge is 2.42. The first-order chi connectivity index (χ1) is 11.9. The Morgan fingerprint density at radius 2 is 1.85 bits per heavy atom. The molecule has 3 unspecified atom stereocenters. The van der Waals surface area contributed by atoms with Gasteiger partial charge >= 0.3 is 6.03 Å². The number of urea groups is 1. The molecule has 3 atom stereocenters. The zero-order chi connectivity index (χ0) is 18.4. The van der Waals surface area contributed by atoms with E-state index in [1.54, 1.807) is 0 Å². The predicted molar refractivity (Wildman–Crippen MR) is 103 cm³/mol. The van der Waals surface area contributed by atoms with Crippen molar-refractivity contribution in [3.05, 3.63) is 12.2 Å². The molecule has 2 N–H and O–H groups in total. The Kier molecular flexibility index (Phi) is 8.84. The number of amides is 4. The van der Waals surface area contributed by atoms with Gasteiger partial charge in [-0.2, -0.15) is 11.8 Å². The fraction of sp³-hybridized carbons (Fsp3) is 0.667. The predicted octanol–water partition coefficient (Wildman–Crippen LogP) is 1.87. The number of rotatable bonds is 6. The quantitative estimate of drug-likeness (QED) is 0.415. The van der Waals surface area contributed by atoms with Gasteiger partial charge in [0.1, 0.15) is 5.78 Å². The van der Waals surface area contributed by atoms with Crippen molar-refractivity contribution in [2.45, 2.75) is 63.8 Å². The summed E-state index contributed by atoms with van der Waals surface area (Å²) in [4.78, 5) is 44.2. The van der Waals surface area contributed by atoms with Gasteiger partial charge in [-0.1, -0.05) is 20.8 Å². The van der Waals surface area contributed by atoms with E-state index in [-0.39, 0.29) is 25.3 Å². The van der Waals surface area contributed by atoms with Gasteiger partial charge in [-0.25, -0.2) is 4.79 Å². The Balaban J connectivity index is 0.000000318. The summed E-state index contributed by atoms with van der Waals surface area (Å²) in [6, 6.07) is 0.593. The molecule has 3 aliphatic heterocycles. The first-order valence-corrected chi connectivity index (χ1v) is 9.67. The summed E-state index contributed by atoms with van der Waals surface area (Å²) in [6.07, 6.45) is 7.05. The molecule has 3 rings (SSSR count). The van der Waals surface area contributed by atoms with Crippen molar-refractivity contribution in [3.8, 4) is 0 Å². The molecule has 26 heavy (non-hydrogen) atoms. The summed E-state index contributed by atoms with van der Waals surface area (Å²) in [5.41, 5.74) is 0. The van der Waals surface area contributed by atoms with Gasteiger partial charge in [0.15, 0.2) is 0 Å². The number of unbranched alkanes of at least 4 members (excludes halogenated alkanes) is 1. The molecule has 7 nitrogen and oxygen atoms in total. The minimum Gasteiger partial charge on any atom is -0.332 e. The second-order valence-corrected chi connectivity index (χ2v) is 7.60. The number of carbonyl (C=O) groups is 4. The molecule has 0 saturated carbocycles. The molecule has 0 aromatic rings. The van der Waals surface area contributed by atoms with Crippen LogP contribution in [0.1, 0.15) is 46.5 Å². The molecular weight excluding hydrogens is 354 g/mol. The maximum absolute atomic E-state index is 11.2. The molecule has 2 saturated heterocycles. The third-order valence-electron chi connectivity index (χ3n) is 4.56. The molecule has 0 spiro atoms. The molecule has 0 aromatic carbocycles. The number of thioether (sulfide) groups is 1. The van der Waals surface area contributed by atoms with Crippen LogP contribution in [0.3, 0.4) is 0 Å². The maximum atomic E-state index is 11.2. The van der Waals surface area contributed by atoms with Crippen LogP contribution in [0.4, 0.5) is 4.79 Å². The van der Waals surface area contributed by atoms with E-state index < -0.39 is 0 Å². The smallest absolute Gasteiger partial charge is 0.315 e. The molecule has 0 bridgehead atoms. The van der Waals surface area contributed by atoms with Crippen molar-refractivity contribution in [1.29, 1.82) is 0 Å². The average Bonchev–Trinajstić information content (AvgIpc) is 3.23. The lowest BCUT2D eigenvalue weighted by Gasteiger charge is -2.16. The number of hydrogen-bond acceptors (Lipinski definition) is 5. The highest BCUT2D eigenvalue weighted by molar-refractivity contribution is 8.00. The van der Waals surface area contributed by atoms with Crippen molar-refractivity contribution >= 4 is 35.4 Å². The zero-order valence-corrected chi connectivity index (χ0v) is 15.4. The van der Waals surface area contributed by atoms with E-state index in [0.29, 0.717) is 36.0 Å². The van der Waals surface area contributed by atoms with Crippen LogP contribution >= 0.6 is 11.8 Å². The van der Waals surface area contributed by atoms with Crippen LogP contribution in [-0.2, 0) is 14.4 Å². The number of carbonyl (C=O) groups excluding carboxylic acids is 4. The van der Waals surface area contributed by atoms with E-state index in [9.17, 15) is 19.2 Å². The summed E-state index contributed by atoms with van der Waals surface area (Å²) in [6.45, 7) is 1.92. The van der Waals surface area contributed by atoms with Crippen molar-refractivity contribution < 1.29 is 19.2 Å². The number of ketones is 1. The zero-order valence-electron chi connectivity index (χ0n) is 14.6. The van der Waals surface area contributed by atoms with Gasteiger partial charge in [0, 0.05) is 43.0 Å². The highest BCUT2D eigenvalue weighted by Crippen LogP contribution is 2.33. The van der Waals surface area contributed by atoms with Crippen molar-refractivity contribution in [1.82, 2.24) is 15.5 Å². The van der Waals surface area contributed by atoms with Crippen molar-refractivity contribution in [2.24, 2.45) is 0 Å². The fourth-order valence-electron chi connectivity index (χ4n) is 2.96. The molecule has 3 aliphatic rings. The van der Waals surface area contributed by atoms with Crippen molar-refractivity contribution in [2.75, 3.05) is 12.8 Å². The second-order valence-electron chi connectivity index (χ2n) is 6.33. The first-order valence-electron chi connectivity index (χ1n) is 8.62. The third kappa shape index (κ3) is 5.86. The average molecular weight is 384 g/mol. The number of fused-ring (bicyclic) bond motifs is 1. The molecule has 0 radical (unpaired) electrons. The lowest BCUT2D eigenvalue weighted by molar-refractivity contribution is -0.135. The number of hydrogen-bond donors (Lipinski definition) is 2. The molecular formula is C18H29N3O4S.